The monoisotopic (exact) mass is 448 g/mol. The van der Waals surface area contributed by atoms with Gasteiger partial charge in [0.2, 0.25) is 0 Å². The molecule has 0 aliphatic carbocycles. The molecular weight excluding hydrogens is 425 g/mol. The number of hydrogen-bond donors (Lipinski definition) is 1. The van der Waals surface area contributed by atoms with Gasteiger partial charge in [0.25, 0.3) is 5.56 Å². The van der Waals surface area contributed by atoms with Crippen molar-refractivity contribution in [2.75, 3.05) is 6.54 Å². The second-order valence-electron chi connectivity index (χ2n) is 8.04. The number of benzene rings is 1. The Morgan fingerprint density at radius 1 is 1.25 bits per heavy atom. The van der Waals surface area contributed by atoms with E-state index < -0.39 is 24.2 Å². The number of hydrogen-bond acceptors (Lipinski definition) is 4. The number of aromatic nitrogens is 3. The van der Waals surface area contributed by atoms with Crippen molar-refractivity contribution in [1.29, 1.82) is 0 Å². The van der Waals surface area contributed by atoms with Crippen molar-refractivity contribution in [3.8, 4) is 0 Å². The number of H-pyrrole nitrogens is 1. The summed E-state index contributed by atoms with van der Waals surface area (Å²) in [6.07, 6.45) is -5.63. The number of piperidine rings is 1. The molecule has 1 fully saturated rings. The van der Waals surface area contributed by atoms with Crippen LogP contribution in [0.5, 0.6) is 0 Å². The van der Waals surface area contributed by atoms with Gasteiger partial charge in [-0.3, -0.25) is 14.8 Å². The third-order valence-electron chi connectivity index (χ3n) is 5.97. The van der Waals surface area contributed by atoms with Gasteiger partial charge in [0, 0.05) is 23.9 Å². The molecule has 2 atom stereocenters. The lowest BCUT2D eigenvalue weighted by molar-refractivity contribution is -0.189. The number of alkyl halides is 3. The van der Waals surface area contributed by atoms with Crippen LogP contribution in [-0.2, 0) is 11.3 Å². The maximum absolute atomic E-state index is 13.5. The van der Waals surface area contributed by atoms with E-state index >= 15 is 0 Å². The number of aryl methyl sites for hydroxylation is 1. The first-order chi connectivity index (χ1) is 15.1. The molecule has 1 aliphatic rings. The summed E-state index contributed by atoms with van der Waals surface area (Å²) in [6, 6.07) is 9.62. The molecule has 2 aromatic heterocycles. The van der Waals surface area contributed by atoms with E-state index in [0.717, 1.165) is 5.56 Å². The number of ether oxygens (including phenoxy) is 1. The van der Waals surface area contributed by atoms with Crippen molar-refractivity contribution >= 4 is 11.7 Å². The van der Waals surface area contributed by atoms with Crippen LogP contribution in [0.25, 0.3) is 5.65 Å². The molecule has 1 saturated heterocycles. The number of amides is 1. The summed E-state index contributed by atoms with van der Waals surface area (Å²) in [5, 5.41) is 2.86. The fraction of sp³-hybridized carbons (Fsp3) is 0.409. The standard InChI is InChI=1S/C22H23F3N4O3/c1-13-14(2)26-19-11-17(27-29(19)20(13)30)18-10-16(22(23,24)25)8-9-28(18)21(31)32-12-15-6-4-3-5-7-15/h3-7,11,16,18,27H,8-10,12H2,1-2H3. The molecule has 1 N–H and O–H groups in total. The average molecular weight is 448 g/mol. The van der Waals surface area contributed by atoms with Crippen LogP contribution in [0.4, 0.5) is 18.0 Å². The van der Waals surface area contributed by atoms with Gasteiger partial charge in [0.05, 0.1) is 17.7 Å². The molecule has 10 heteroatoms. The maximum Gasteiger partial charge on any atom is 0.410 e. The Labute approximate surface area is 181 Å². The Morgan fingerprint density at radius 3 is 2.66 bits per heavy atom. The van der Waals surface area contributed by atoms with Crippen LogP contribution in [-0.4, -0.2) is 38.3 Å². The van der Waals surface area contributed by atoms with Gasteiger partial charge in [0.15, 0.2) is 5.65 Å². The Kier molecular flexibility index (Phi) is 5.70. The fourth-order valence-corrected chi connectivity index (χ4v) is 3.99. The highest BCUT2D eigenvalue weighted by Gasteiger charge is 2.46. The first kappa shape index (κ1) is 21.9. The first-order valence-electron chi connectivity index (χ1n) is 10.3. The van der Waals surface area contributed by atoms with Gasteiger partial charge < -0.3 is 4.74 Å². The summed E-state index contributed by atoms with van der Waals surface area (Å²) in [5.41, 5.74) is 2.02. The minimum absolute atomic E-state index is 0.0116. The van der Waals surface area contributed by atoms with E-state index in [1.807, 2.05) is 6.07 Å². The molecule has 0 saturated carbocycles. The minimum Gasteiger partial charge on any atom is -0.445 e. The normalized spacial score (nSPS) is 19.3. The van der Waals surface area contributed by atoms with Crippen molar-refractivity contribution in [1.82, 2.24) is 19.5 Å². The molecule has 1 aromatic carbocycles. The fourth-order valence-electron chi connectivity index (χ4n) is 3.99. The molecule has 7 nitrogen and oxygen atoms in total. The smallest absolute Gasteiger partial charge is 0.410 e. The number of aromatic amines is 1. The summed E-state index contributed by atoms with van der Waals surface area (Å²) in [4.78, 5) is 31.0. The largest absolute Gasteiger partial charge is 0.445 e. The molecular formula is C22H23F3N4O3. The number of nitrogens with one attached hydrogen (secondary N) is 1. The Balaban J connectivity index is 1.65. The number of rotatable bonds is 3. The zero-order valence-electron chi connectivity index (χ0n) is 17.6. The van der Waals surface area contributed by atoms with Gasteiger partial charge >= 0.3 is 12.3 Å². The lowest BCUT2D eigenvalue weighted by Gasteiger charge is -2.38. The van der Waals surface area contributed by atoms with Crippen LogP contribution in [0.1, 0.15) is 41.4 Å². The zero-order valence-corrected chi connectivity index (χ0v) is 17.6. The van der Waals surface area contributed by atoms with Crippen LogP contribution in [0.2, 0.25) is 0 Å². The molecule has 0 radical (unpaired) electrons. The highest BCUT2D eigenvalue weighted by Crippen LogP contribution is 2.42. The molecule has 32 heavy (non-hydrogen) atoms. The van der Waals surface area contributed by atoms with Crippen LogP contribution in [0.15, 0.2) is 41.2 Å². The third kappa shape index (κ3) is 4.21. The zero-order chi connectivity index (χ0) is 23.0. The average Bonchev–Trinajstić information content (AvgIpc) is 3.19. The number of carbonyl (C=O) groups is 1. The maximum atomic E-state index is 13.5. The number of fused-ring (bicyclic) bond motifs is 1. The number of likely N-dealkylation sites (tertiary alicyclic amines) is 1. The molecule has 0 bridgehead atoms. The van der Waals surface area contributed by atoms with E-state index in [1.54, 1.807) is 38.1 Å². The third-order valence-corrected chi connectivity index (χ3v) is 5.97. The van der Waals surface area contributed by atoms with Gasteiger partial charge in [-0.1, -0.05) is 30.3 Å². The molecule has 170 valence electrons. The van der Waals surface area contributed by atoms with Crippen molar-refractivity contribution in [2.24, 2.45) is 5.92 Å². The van der Waals surface area contributed by atoms with Gasteiger partial charge in [-0.2, -0.15) is 13.2 Å². The van der Waals surface area contributed by atoms with E-state index in [1.165, 1.54) is 15.5 Å². The van der Waals surface area contributed by atoms with E-state index in [9.17, 15) is 22.8 Å². The highest BCUT2D eigenvalue weighted by atomic mass is 19.4. The number of halogens is 3. The number of carbonyl (C=O) groups excluding carboxylic acids is 1. The Bertz CT molecular complexity index is 1190. The lowest BCUT2D eigenvalue weighted by Crippen LogP contribution is -2.44. The van der Waals surface area contributed by atoms with Crippen molar-refractivity contribution in [2.45, 2.75) is 45.5 Å². The summed E-state index contributed by atoms with van der Waals surface area (Å²) in [5.74, 6) is -1.56. The SMILES string of the molecule is Cc1nc2cc(C3CC(C(F)(F)F)CCN3C(=O)OCc3ccccc3)[nH]n2c(=O)c1C. The van der Waals surface area contributed by atoms with Crippen LogP contribution >= 0.6 is 0 Å². The van der Waals surface area contributed by atoms with E-state index in [2.05, 4.69) is 10.1 Å². The van der Waals surface area contributed by atoms with Crippen molar-refractivity contribution in [3.63, 3.8) is 0 Å². The summed E-state index contributed by atoms with van der Waals surface area (Å²) in [7, 11) is 0. The molecule has 1 amide bonds. The second kappa shape index (κ2) is 8.33. The van der Waals surface area contributed by atoms with E-state index in [4.69, 9.17) is 4.74 Å². The highest BCUT2D eigenvalue weighted by molar-refractivity contribution is 5.68. The van der Waals surface area contributed by atoms with E-state index in [-0.39, 0.29) is 31.6 Å². The first-order valence-corrected chi connectivity index (χ1v) is 10.3. The van der Waals surface area contributed by atoms with Crippen LogP contribution in [0, 0.1) is 19.8 Å². The van der Waals surface area contributed by atoms with Gasteiger partial charge in [0.1, 0.15) is 6.61 Å². The quantitative estimate of drug-likeness (QED) is 0.648. The van der Waals surface area contributed by atoms with Crippen molar-refractivity contribution in [3.05, 3.63) is 69.3 Å². The van der Waals surface area contributed by atoms with Crippen LogP contribution in [0.3, 0.4) is 0 Å². The topological polar surface area (TPSA) is 79.7 Å². The molecule has 3 aromatic rings. The van der Waals surface area contributed by atoms with Gasteiger partial charge in [-0.05, 0) is 32.3 Å². The molecule has 4 rings (SSSR count). The predicted octanol–water partition coefficient (Wildman–Crippen LogP) is 4.29. The second-order valence-corrected chi connectivity index (χ2v) is 8.04. The molecule has 3 heterocycles. The summed E-state index contributed by atoms with van der Waals surface area (Å²) < 4.78 is 47.1. The molecule has 2 unspecified atom stereocenters. The van der Waals surface area contributed by atoms with Gasteiger partial charge in [-0.25, -0.2) is 14.3 Å². The predicted molar refractivity (Wildman–Crippen MR) is 110 cm³/mol. The molecule has 0 spiro atoms. The van der Waals surface area contributed by atoms with Gasteiger partial charge in [-0.15, -0.1) is 0 Å². The van der Waals surface area contributed by atoms with Crippen LogP contribution < -0.4 is 5.56 Å². The van der Waals surface area contributed by atoms with Crippen molar-refractivity contribution < 1.29 is 22.7 Å². The summed E-state index contributed by atoms with van der Waals surface area (Å²) in [6.45, 7) is 3.22. The lowest BCUT2D eigenvalue weighted by atomic mass is 9.89. The summed E-state index contributed by atoms with van der Waals surface area (Å²) >= 11 is 0. The minimum atomic E-state index is -4.38. The number of nitrogens with zero attached hydrogens (tertiary/aromatic N) is 3. The van der Waals surface area contributed by atoms with E-state index in [0.29, 0.717) is 22.6 Å². The molecule has 1 aliphatic heterocycles. The Hall–Kier alpha value is -3.30. The Morgan fingerprint density at radius 2 is 1.97 bits per heavy atom.